The van der Waals surface area contributed by atoms with E-state index in [0.717, 1.165) is 24.3 Å². The summed E-state index contributed by atoms with van der Waals surface area (Å²) in [4.78, 5) is 3.98. The molecule has 10 heavy (non-hydrogen) atoms. The first-order valence-corrected chi connectivity index (χ1v) is 3.46. The van der Waals surface area contributed by atoms with Gasteiger partial charge in [-0.2, -0.15) is 5.10 Å². The van der Waals surface area contributed by atoms with Gasteiger partial charge in [-0.25, -0.2) is 0 Å². The van der Waals surface area contributed by atoms with E-state index in [4.69, 9.17) is 5.84 Å². The molecule has 0 aliphatic rings. The Morgan fingerprint density at radius 3 is 2.40 bits per heavy atom. The first-order chi connectivity index (χ1) is 4.76. The van der Waals surface area contributed by atoms with E-state index in [-0.39, 0.29) is 0 Å². The first kappa shape index (κ1) is 9.14. The largest absolute Gasteiger partial charge is 0.323 e. The maximum absolute atomic E-state index is 5.14. The minimum Gasteiger partial charge on any atom is -0.323 e. The van der Waals surface area contributed by atoms with Gasteiger partial charge >= 0.3 is 0 Å². The Kier molecular flexibility index (Phi) is 4.54. The Labute approximate surface area is 62.0 Å². The van der Waals surface area contributed by atoms with E-state index >= 15 is 0 Å². The van der Waals surface area contributed by atoms with E-state index in [1.807, 2.05) is 6.92 Å². The summed E-state index contributed by atoms with van der Waals surface area (Å²) in [5, 5.41) is 3.63. The molecule has 0 fully saturated rings. The van der Waals surface area contributed by atoms with E-state index < -0.39 is 0 Å². The van der Waals surface area contributed by atoms with Crippen molar-refractivity contribution in [2.75, 3.05) is 7.05 Å². The molecule has 0 aliphatic carbocycles. The highest BCUT2D eigenvalue weighted by molar-refractivity contribution is 6.41. The van der Waals surface area contributed by atoms with Crippen LogP contribution < -0.4 is 5.84 Å². The second-order valence-electron chi connectivity index (χ2n) is 2.13. The minimum absolute atomic E-state index is 0.907. The fourth-order valence-electron chi connectivity index (χ4n) is 0.705. The van der Waals surface area contributed by atoms with Gasteiger partial charge in [0.25, 0.3) is 0 Å². The van der Waals surface area contributed by atoms with Crippen molar-refractivity contribution in [2.45, 2.75) is 26.7 Å². The second kappa shape index (κ2) is 4.97. The molecule has 0 rings (SSSR count). The highest BCUT2D eigenvalue weighted by atomic mass is 15.1. The van der Waals surface area contributed by atoms with Crippen molar-refractivity contribution in [3.05, 3.63) is 0 Å². The molecule has 0 radical (unpaired) electrons. The molecular weight excluding hydrogens is 126 g/mol. The monoisotopic (exact) mass is 141 g/mol. The van der Waals surface area contributed by atoms with Crippen molar-refractivity contribution in [2.24, 2.45) is 15.9 Å². The van der Waals surface area contributed by atoms with Gasteiger partial charge in [0.2, 0.25) is 0 Å². The van der Waals surface area contributed by atoms with Crippen molar-refractivity contribution in [1.82, 2.24) is 0 Å². The van der Waals surface area contributed by atoms with Crippen molar-refractivity contribution < 1.29 is 0 Å². The van der Waals surface area contributed by atoms with Gasteiger partial charge in [-0.15, -0.1) is 0 Å². The molecule has 0 aliphatic heterocycles. The lowest BCUT2D eigenvalue weighted by Gasteiger charge is -1.99. The zero-order valence-electron chi connectivity index (χ0n) is 6.89. The predicted molar refractivity (Wildman–Crippen MR) is 45.6 cm³/mol. The summed E-state index contributed by atoms with van der Waals surface area (Å²) in [5.74, 6) is 5.14. The highest BCUT2D eigenvalue weighted by Gasteiger charge is 1.99. The van der Waals surface area contributed by atoms with E-state index in [1.165, 1.54) is 0 Å². The fourth-order valence-corrected chi connectivity index (χ4v) is 0.705. The van der Waals surface area contributed by atoms with Gasteiger partial charge in [0.1, 0.15) is 0 Å². The molecule has 58 valence electrons. The number of hydrogen-bond acceptors (Lipinski definition) is 3. The molecule has 0 aromatic heterocycles. The second-order valence-corrected chi connectivity index (χ2v) is 2.13. The maximum atomic E-state index is 5.14. The molecule has 0 aromatic carbocycles. The molecule has 2 N–H and O–H groups in total. The van der Waals surface area contributed by atoms with Crippen LogP contribution in [-0.4, -0.2) is 18.5 Å². The summed E-state index contributed by atoms with van der Waals surface area (Å²) in [5.41, 5.74) is 1.84. The lowest BCUT2D eigenvalue weighted by molar-refractivity contribution is 0.989. The van der Waals surface area contributed by atoms with Crippen LogP contribution in [-0.2, 0) is 0 Å². The highest BCUT2D eigenvalue weighted by Crippen LogP contribution is 1.93. The number of nitrogens with zero attached hydrogens (tertiary/aromatic N) is 2. The van der Waals surface area contributed by atoms with Crippen LogP contribution in [0.4, 0.5) is 0 Å². The smallest absolute Gasteiger partial charge is 0.0807 e. The fraction of sp³-hybridized carbons (Fsp3) is 0.714. The van der Waals surface area contributed by atoms with Crippen LogP contribution in [0.15, 0.2) is 10.1 Å². The van der Waals surface area contributed by atoms with E-state index in [2.05, 4.69) is 17.0 Å². The summed E-state index contributed by atoms with van der Waals surface area (Å²) in [6.45, 7) is 4.01. The minimum atomic E-state index is 0.907. The topological polar surface area (TPSA) is 50.7 Å². The molecule has 0 heterocycles. The maximum Gasteiger partial charge on any atom is 0.0807 e. The number of aliphatic imine (C=N–C) groups is 1. The van der Waals surface area contributed by atoms with Gasteiger partial charge in [-0.05, 0) is 13.3 Å². The predicted octanol–water partition coefficient (Wildman–Crippen LogP) is 1.19. The molecule has 3 heteroatoms. The average Bonchev–Trinajstić information content (AvgIpc) is 1.99. The summed E-state index contributed by atoms with van der Waals surface area (Å²) in [6, 6.07) is 0. The van der Waals surface area contributed by atoms with Crippen molar-refractivity contribution >= 4 is 11.4 Å². The number of rotatable bonds is 3. The van der Waals surface area contributed by atoms with Crippen LogP contribution in [0.5, 0.6) is 0 Å². The molecule has 0 spiro atoms. The Bertz CT molecular complexity index is 147. The number of hydrogen-bond donors (Lipinski definition) is 1. The Hall–Kier alpha value is -0.860. The molecule has 0 saturated heterocycles. The quantitative estimate of drug-likeness (QED) is 0.358. The summed E-state index contributed by atoms with van der Waals surface area (Å²) in [6.07, 6.45) is 1.97. The Morgan fingerprint density at radius 2 is 2.10 bits per heavy atom. The van der Waals surface area contributed by atoms with Crippen molar-refractivity contribution in [1.29, 1.82) is 0 Å². The standard InChI is InChI=1S/C7H15N3/c1-4-5-7(10-8)6(2)9-3/h4-5,8H2,1-3H3/b9-6?,10-7-. The molecule has 0 unspecified atom stereocenters. The van der Waals surface area contributed by atoms with E-state index in [0.29, 0.717) is 0 Å². The van der Waals surface area contributed by atoms with Gasteiger partial charge in [0.15, 0.2) is 0 Å². The van der Waals surface area contributed by atoms with Gasteiger partial charge < -0.3 is 5.84 Å². The normalized spacial score (nSPS) is 13.9. The van der Waals surface area contributed by atoms with Gasteiger partial charge in [-0.3, -0.25) is 4.99 Å². The van der Waals surface area contributed by atoms with Gasteiger partial charge in [-0.1, -0.05) is 13.3 Å². The molecule has 3 nitrogen and oxygen atoms in total. The third kappa shape index (κ3) is 2.62. The average molecular weight is 141 g/mol. The van der Waals surface area contributed by atoms with Crippen LogP contribution in [0.25, 0.3) is 0 Å². The summed E-state index contributed by atoms with van der Waals surface area (Å²) < 4.78 is 0. The molecule has 0 aromatic rings. The van der Waals surface area contributed by atoms with Gasteiger partial charge in [0, 0.05) is 7.05 Å². The zero-order chi connectivity index (χ0) is 7.98. The van der Waals surface area contributed by atoms with Crippen LogP contribution in [0.1, 0.15) is 26.7 Å². The first-order valence-electron chi connectivity index (χ1n) is 3.46. The third-order valence-corrected chi connectivity index (χ3v) is 1.40. The molecule has 0 bridgehead atoms. The SMILES string of the molecule is CCC/C(=N/N)C(C)=NC. The lowest BCUT2D eigenvalue weighted by atomic mass is 10.1. The molecule has 0 saturated carbocycles. The van der Waals surface area contributed by atoms with Crippen LogP contribution in [0, 0.1) is 0 Å². The zero-order valence-corrected chi connectivity index (χ0v) is 6.89. The number of hydrazone groups is 1. The number of nitrogens with two attached hydrogens (primary N) is 1. The molecular formula is C7H15N3. The van der Waals surface area contributed by atoms with Gasteiger partial charge in [0.05, 0.1) is 11.4 Å². The van der Waals surface area contributed by atoms with Crippen LogP contribution in [0.2, 0.25) is 0 Å². The van der Waals surface area contributed by atoms with Crippen molar-refractivity contribution in [3.8, 4) is 0 Å². The molecule has 0 amide bonds. The van der Waals surface area contributed by atoms with E-state index in [1.54, 1.807) is 7.05 Å². The summed E-state index contributed by atoms with van der Waals surface area (Å²) >= 11 is 0. The van der Waals surface area contributed by atoms with Crippen molar-refractivity contribution in [3.63, 3.8) is 0 Å². The lowest BCUT2D eigenvalue weighted by Crippen LogP contribution is -2.12. The third-order valence-electron chi connectivity index (χ3n) is 1.40. The Morgan fingerprint density at radius 1 is 1.50 bits per heavy atom. The van der Waals surface area contributed by atoms with Crippen LogP contribution >= 0.6 is 0 Å². The Balaban J connectivity index is 4.09. The van der Waals surface area contributed by atoms with E-state index in [9.17, 15) is 0 Å². The van der Waals surface area contributed by atoms with Crippen LogP contribution in [0.3, 0.4) is 0 Å². The molecule has 0 atom stereocenters. The summed E-state index contributed by atoms with van der Waals surface area (Å²) in [7, 11) is 1.75.